The van der Waals surface area contributed by atoms with Crippen molar-refractivity contribution in [2.45, 2.75) is 13.3 Å². The molecule has 2 heterocycles. The zero-order valence-corrected chi connectivity index (χ0v) is 15.5. The van der Waals surface area contributed by atoms with Gasteiger partial charge in [0, 0.05) is 57.3 Å². The number of piperazine rings is 1. The standard InChI is InChI=1S/C18H24FN5S/c1-14-22-16(13-25-14)7-8-21-18(20-2)24-11-9-23(10-12-24)17-5-3-15(19)4-6-17/h3-6,13H,7-12H2,1-2H3,(H,20,21). The summed E-state index contributed by atoms with van der Waals surface area (Å²) in [5.74, 6) is 0.744. The largest absolute Gasteiger partial charge is 0.368 e. The fourth-order valence-electron chi connectivity index (χ4n) is 2.99. The number of aromatic nitrogens is 1. The lowest BCUT2D eigenvalue weighted by Crippen LogP contribution is -2.52. The third-order valence-corrected chi connectivity index (χ3v) is 5.14. The number of thiazole rings is 1. The lowest BCUT2D eigenvalue weighted by atomic mass is 10.2. The molecule has 134 valence electrons. The molecule has 7 heteroatoms. The first-order valence-corrected chi connectivity index (χ1v) is 9.41. The average molecular weight is 361 g/mol. The van der Waals surface area contributed by atoms with E-state index in [9.17, 15) is 4.39 Å². The van der Waals surface area contributed by atoms with Gasteiger partial charge >= 0.3 is 0 Å². The van der Waals surface area contributed by atoms with Crippen LogP contribution in [0.1, 0.15) is 10.7 Å². The van der Waals surface area contributed by atoms with Crippen molar-refractivity contribution in [2.75, 3.05) is 44.7 Å². The van der Waals surface area contributed by atoms with E-state index in [1.807, 2.05) is 26.1 Å². The van der Waals surface area contributed by atoms with E-state index in [2.05, 4.69) is 30.5 Å². The van der Waals surface area contributed by atoms with E-state index in [0.717, 1.165) is 61.5 Å². The molecule has 5 nitrogen and oxygen atoms in total. The van der Waals surface area contributed by atoms with Gasteiger partial charge in [0.25, 0.3) is 0 Å². The molecular formula is C18H24FN5S. The molecule has 0 amide bonds. The minimum atomic E-state index is -0.192. The number of nitrogens with one attached hydrogen (secondary N) is 1. The topological polar surface area (TPSA) is 43.8 Å². The minimum absolute atomic E-state index is 0.192. The Kier molecular flexibility index (Phi) is 5.86. The Hall–Kier alpha value is -2.15. The van der Waals surface area contributed by atoms with Crippen LogP contribution in [-0.4, -0.2) is 55.6 Å². The molecule has 2 aromatic rings. The van der Waals surface area contributed by atoms with Crippen molar-refractivity contribution in [1.82, 2.24) is 15.2 Å². The van der Waals surface area contributed by atoms with Crippen LogP contribution in [-0.2, 0) is 6.42 Å². The van der Waals surface area contributed by atoms with Crippen LogP contribution in [0.25, 0.3) is 0 Å². The van der Waals surface area contributed by atoms with Crippen molar-refractivity contribution in [3.8, 4) is 0 Å². The Labute approximate surface area is 152 Å². The number of rotatable bonds is 4. The molecule has 1 aromatic heterocycles. The molecule has 0 saturated carbocycles. The van der Waals surface area contributed by atoms with Crippen LogP contribution < -0.4 is 10.2 Å². The molecule has 1 saturated heterocycles. The van der Waals surface area contributed by atoms with E-state index in [1.165, 1.54) is 12.1 Å². The fraction of sp³-hybridized carbons (Fsp3) is 0.444. The van der Waals surface area contributed by atoms with E-state index in [-0.39, 0.29) is 5.82 Å². The first-order valence-electron chi connectivity index (χ1n) is 8.53. The van der Waals surface area contributed by atoms with Gasteiger partial charge in [-0.3, -0.25) is 4.99 Å². The van der Waals surface area contributed by atoms with Gasteiger partial charge in [0.1, 0.15) is 5.82 Å². The Balaban J connectivity index is 1.47. The maximum atomic E-state index is 13.1. The SMILES string of the molecule is CN=C(NCCc1csc(C)n1)N1CCN(c2ccc(F)cc2)CC1. The van der Waals surface area contributed by atoms with Gasteiger partial charge in [0.05, 0.1) is 10.7 Å². The molecule has 0 bridgehead atoms. The summed E-state index contributed by atoms with van der Waals surface area (Å²) in [6, 6.07) is 6.71. The number of hydrogen-bond acceptors (Lipinski definition) is 4. The summed E-state index contributed by atoms with van der Waals surface area (Å²) < 4.78 is 13.1. The highest BCUT2D eigenvalue weighted by Crippen LogP contribution is 2.17. The third-order valence-electron chi connectivity index (χ3n) is 4.31. The number of aliphatic imine (C=N–C) groups is 1. The third kappa shape index (κ3) is 4.69. The molecule has 3 rings (SSSR count). The molecule has 0 spiro atoms. The number of nitrogens with zero attached hydrogens (tertiary/aromatic N) is 4. The molecule has 1 N–H and O–H groups in total. The van der Waals surface area contributed by atoms with Gasteiger partial charge in [0.15, 0.2) is 5.96 Å². The molecule has 0 radical (unpaired) electrons. The molecule has 0 atom stereocenters. The molecule has 0 aliphatic carbocycles. The van der Waals surface area contributed by atoms with Gasteiger partial charge in [-0.25, -0.2) is 9.37 Å². The average Bonchev–Trinajstić information content (AvgIpc) is 3.05. The summed E-state index contributed by atoms with van der Waals surface area (Å²) in [5, 5.41) is 6.65. The second kappa shape index (κ2) is 8.29. The van der Waals surface area contributed by atoms with Crippen molar-refractivity contribution >= 4 is 23.0 Å². The van der Waals surface area contributed by atoms with E-state index >= 15 is 0 Å². The molecular weight excluding hydrogens is 337 g/mol. The van der Waals surface area contributed by atoms with Gasteiger partial charge < -0.3 is 15.1 Å². The van der Waals surface area contributed by atoms with Crippen LogP contribution in [0.3, 0.4) is 0 Å². The normalized spacial score (nSPS) is 15.6. The summed E-state index contributed by atoms with van der Waals surface area (Å²) in [6.45, 7) is 6.45. The van der Waals surface area contributed by atoms with Gasteiger partial charge in [-0.1, -0.05) is 0 Å². The smallest absolute Gasteiger partial charge is 0.193 e. The number of guanidine groups is 1. The second-order valence-electron chi connectivity index (χ2n) is 6.03. The first-order chi connectivity index (χ1) is 12.2. The molecule has 0 unspecified atom stereocenters. The maximum Gasteiger partial charge on any atom is 0.193 e. The Morgan fingerprint density at radius 3 is 2.56 bits per heavy atom. The molecule has 1 fully saturated rings. The van der Waals surface area contributed by atoms with Gasteiger partial charge in [-0.2, -0.15) is 0 Å². The van der Waals surface area contributed by atoms with Crippen LogP contribution in [0.15, 0.2) is 34.6 Å². The highest BCUT2D eigenvalue weighted by atomic mass is 32.1. The number of halogens is 1. The predicted molar refractivity (Wildman–Crippen MR) is 102 cm³/mol. The van der Waals surface area contributed by atoms with Crippen molar-refractivity contribution in [1.29, 1.82) is 0 Å². The highest BCUT2D eigenvalue weighted by Gasteiger charge is 2.19. The first kappa shape index (κ1) is 17.7. The van der Waals surface area contributed by atoms with Crippen LogP contribution in [0.2, 0.25) is 0 Å². The summed E-state index contributed by atoms with van der Waals surface area (Å²) in [7, 11) is 1.82. The van der Waals surface area contributed by atoms with Crippen LogP contribution in [0.4, 0.5) is 10.1 Å². The molecule has 25 heavy (non-hydrogen) atoms. The van der Waals surface area contributed by atoms with E-state index in [0.29, 0.717) is 0 Å². The van der Waals surface area contributed by atoms with Gasteiger partial charge in [-0.05, 0) is 31.2 Å². The highest BCUT2D eigenvalue weighted by molar-refractivity contribution is 7.09. The van der Waals surface area contributed by atoms with E-state index in [4.69, 9.17) is 0 Å². The summed E-state index contributed by atoms with van der Waals surface area (Å²) in [4.78, 5) is 13.4. The maximum absolute atomic E-state index is 13.1. The van der Waals surface area contributed by atoms with Gasteiger partial charge in [0.2, 0.25) is 0 Å². The predicted octanol–water partition coefficient (Wildman–Crippen LogP) is 2.53. The van der Waals surface area contributed by atoms with Crippen molar-refractivity contribution in [3.05, 3.63) is 46.2 Å². The quantitative estimate of drug-likeness (QED) is 0.671. The summed E-state index contributed by atoms with van der Waals surface area (Å²) in [6.07, 6.45) is 0.902. The summed E-state index contributed by atoms with van der Waals surface area (Å²) >= 11 is 1.69. The Morgan fingerprint density at radius 1 is 1.24 bits per heavy atom. The van der Waals surface area contributed by atoms with Crippen molar-refractivity contribution in [2.24, 2.45) is 4.99 Å². The number of benzene rings is 1. The van der Waals surface area contributed by atoms with E-state index in [1.54, 1.807) is 11.3 Å². The van der Waals surface area contributed by atoms with Crippen molar-refractivity contribution in [3.63, 3.8) is 0 Å². The second-order valence-corrected chi connectivity index (χ2v) is 7.09. The monoisotopic (exact) mass is 361 g/mol. The minimum Gasteiger partial charge on any atom is -0.368 e. The van der Waals surface area contributed by atoms with Gasteiger partial charge in [-0.15, -0.1) is 11.3 Å². The number of aryl methyl sites for hydroxylation is 1. The lowest BCUT2D eigenvalue weighted by molar-refractivity contribution is 0.373. The lowest BCUT2D eigenvalue weighted by Gasteiger charge is -2.37. The van der Waals surface area contributed by atoms with Crippen molar-refractivity contribution < 1.29 is 4.39 Å². The van der Waals surface area contributed by atoms with Crippen LogP contribution in [0.5, 0.6) is 0 Å². The molecule has 1 aliphatic rings. The molecule has 1 aliphatic heterocycles. The number of hydrogen-bond donors (Lipinski definition) is 1. The molecule has 1 aromatic carbocycles. The van der Waals surface area contributed by atoms with E-state index < -0.39 is 0 Å². The zero-order chi connectivity index (χ0) is 17.6. The number of anilines is 1. The van der Waals surface area contributed by atoms with Crippen LogP contribution >= 0.6 is 11.3 Å². The summed E-state index contributed by atoms with van der Waals surface area (Å²) in [5.41, 5.74) is 2.20. The van der Waals surface area contributed by atoms with Crippen LogP contribution in [0, 0.1) is 12.7 Å². The Bertz CT molecular complexity index is 705. The fourth-order valence-corrected chi connectivity index (χ4v) is 3.63. The Morgan fingerprint density at radius 2 is 1.96 bits per heavy atom. The zero-order valence-electron chi connectivity index (χ0n) is 14.7.